The first-order chi connectivity index (χ1) is 14.5. The van der Waals surface area contributed by atoms with E-state index in [0.717, 1.165) is 29.7 Å². The molecule has 0 bridgehead atoms. The van der Waals surface area contributed by atoms with Gasteiger partial charge in [0.05, 0.1) is 7.11 Å². The first-order valence-corrected chi connectivity index (χ1v) is 12.4. The fraction of sp³-hybridized carbons (Fsp3) is 0.652. The molecular formula is C23H37NO5S. The van der Waals surface area contributed by atoms with Crippen molar-refractivity contribution in [3.8, 4) is 0 Å². The summed E-state index contributed by atoms with van der Waals surface area (Å²) in [5.41, 5.74) is 0.786. The number of nitrogens with zero attached hydrogens (tertiary/aromatic N) is 1. The number of amides is 1. The van der Waals surface area contributed by atoms with E-state index in [1.54, 1.807) is 0 Å². The van der Waals surface area contributed by atoms with Crippen molar-refractivity contribution in [2.24, 2.45) is 0 Å². The second-order valence-corrected chi connectivity index (χ2v) is 9.24. The number of unbranched alkanes of at least 4 members (excludes halogenated alkanes) is 7. The van der Waals surface area contributed by atoms with Crippen LogP contribution in [0, 0.1) is 0 Å². The third kappa shape index (κ3) is 10.9. The molecule has 170 valence electrons. The average molecular weight is 440 g/mol. The first-order valence-electron chi connectivity index (χ1n) is 11.0. The zero-order valence-corrected chi connectivity index (χ0v) is 19.2. The summed E-state index contributed by atoms with van der Waals surface area (Å²) in [6, 6.07) is 8.15. The number of hydrogen-bond acceptors (Lipinski definition) is 4. The monoisotopic (exact) mass is 439 g/mol. The molecule has 1 unspecified atom stereocenters. The van der Waals surface area contributed by atoms with Crippen LogP contribution >= 0.6 is 0 Å². The SMILES string of the molecule is CCCCCCCCCC[S+]([O-])CC[C@@H](C(=O)OC)N(Cc1ccccc1)C(=O)O. The Bertz CT molecular complexity index is 599. The minimum absolute atomic E-state index is 0.0839. The quantitative estimate of drug-likeness (QED) is 0.223. The Morgan fingerprint density at radius 1 is 1.03 bits per heavy atom. The van der Waals surface area contributed by atoms with Gasteiger partial charge in [0, 0.05) is 13.0 Å². The second-order valence-electron chi connectivity index (χ2n) is 7.55. The molecule has 1 amide bonds. The zero-order chi connectivity index (χ0) is 22.2. The van der Waals surface area contributed by atoms with E-state index in [1.807, 2.05) is 30.3 Å². The average Bonchev–Trinajstić information content (AvgIpc) is 2.75. The predicted octanol–water partition coefficient (Wildman–Crippen LogP) is 4.99. The fourth-order valence-corrected chi connectivity index (χ4v) is 4.59. The molecule has 1 rings (SSSR count). The maximum atomic E-state index is 12.4. The van der Waals surface area contributed by atoms with Gasteiger partial charge < -0.3 is 14.4 Å². The van der Waals surface area contributed by atoms with Crippen molar-refractivity contribution in [3.63, 3.8) is 0 Å². The number of carboxylic acid groups (broad SMARTS) is 1. The van der Waals surface area contributed by atoms with Crippen LogP contribution in [0.3, 0.4) is 0 Å². The van der Waals surface area contributed by atoms with E-state index in [9.17, 15) is 19.2 Å². The van der Waals surface area contributed by atoms with Gasteiger partial charge in [0.2, 0.25) is 0 Å². The smallest absolute Gasteiger partial charge is 0.408 e. The molecule has 0 fully saturated rings. The molecule has 0 radical (unpaired) electrons. The van der Waals surface area contributed by atoms with Gasteiger partial charge in [-0.1, -0.05) is 87.0 Å². The summed E-state index contributed by atoms with van der Waals surface area (Å²) >= 11 is -1.07. The minimum Gasteiger partial charge on any atom is -0.616 e. The topological polar surface area (TPSA) is 89.9 Å². The summed E-state index contributed by atoms with van der Waals surface area (Å²) in [7, 11) is 1.25. The maximum absolute atomic E-state index is 12.4. The number of carbonyl (C=O) groups excluding carboxylic acids is 1. The lowest BCUT2D eigenvalue weighted by molar-refractivity contribution is -0.146. The number of esters is 1. The zero-order valence-electron chi connectivity index (χ0n) is 18.4. The van der Waals surface area contributed by atoms with Crippen LogP contribution in [-0.4, -0.2) is 51.3 Å². The molecule has 0 aliphatic heterocycles. The maximum Gasteiger partial charge on any atom is 0.408 e. The summed E-state index contributed by atoms with van der Waals surface area (Å²) < 4.78 is 17.2. The molecule has 0 saturated carbocycles. The molecule has 0 spiro atoms. The third-order valence-electron chi connectivity index (χ3n) is 5.14. The molecule has 0 aromatic heterocycles. The van der Waals surface area contributed by atoms with E-state index in [2.05, 4.69) is 6.92 Å². The Morgan fingerprint density at radius 2 is 1.63 bits per heavy atom. The molecule has 2 atom stereocenters. The summed E-state index contributed by atoms with van der Waals surface area (Å²) in [5, 5.41) is 9.63. The van der Waals surface area contributed by atoms with Gasteiger partial charge in [0.1, 0.15) is 17.5 Å². The van der Waals surface area contributed by atoms with Crippen molar-refractivity contribution in [2.45, 2.75) is 77.3 Å². The van der Waals surface area contributed by atoms with Crippen LogP contribution in [0.15, 0.2) is 30.3 Å². The fourth-order valence-electron chi connectivity index (χ4n) is 3.37. The molecular weight excluding hydrogens is 402 g/mol. The highest BCUT2D eigenvalue weighted by molar-refractivity contribution is 7.91. The van der Waals surface area contributed by atoms with Gasteiger partial charge in [-0.25, -0.2) is 9.59 Å². The van der Waals surface area contributed by atoms with Gasteiger partial charge in [-0.3, -0.25) is 4.90 Å². The van der Waals surface area contributed by atoms with E-state index in [4.69, 9.17) is 4.74 Å². The van der Waals surface area contributed by atoms with Crippen LogP contribution in [0.25, 0.3) is 0 Å². The lowest BCUT2D eigenvalue weighted by Crippen LogP contribution is -2.45. The number of hydrogen-bond donors (Lipinski definition) is 1. The number of ether oxygens (including phenoxy) is 1. The van der Waals surface area contributed by atoms with Crippen molar-refractivity contribution in [1.29, 1.82) is 0 Å². The van der Waals surface area contributed by atoms with Crippen LogP contribution in [0.5, 0.6) is 0 Å². The molecule has 6 nitrogen and oxygen atoms in total. The standard InChI is InChI=1S/C23H37NO5S/c1-3-4-5-6-7-8-9-13-17-30(28)18-16-21(22(25)29-2)24(23(26)27)19-20-14-11-10-12-15-20/h10-12,14-15,21H,3-9,13,16-19H2,1-2H3,(H,26,27)/t21-,30?/m0/s1. The van der Waals surface area contributed by atoms with Crippen LogP contribution in [-0.2, 0) is 27.3 Å². The van der Waals surface area contributed by atoms with Crippen LogP contribution in [0.4, 0.5) is 4.79 Å². The van der Waals surface area contributed by atoms with Crippen molar-refractivity contribution in [1.82, 2.24) is 4.90 Å². The highest BCUT2D eigenvalue weighted by atomic mass is 32.2. The van der Waals surface area contributed by atoms with E-state index < -0.39 is 29.3 Å². The van der Waals surface area contributed by atoms with Gasteiger partial charge in [-0.15, -0.1) is 0 Å². The van der Waals surface area contributed by atoms with E-state index in [1.165, 1.54) is 39.2 Å². The van der Waals surface area contributed by atoms with Crippen molar-refractivity contribution < 1.29 is 24.0 Å². The lowest BCUT2D eigenvalue weighted by Gasteiger charge is -2.27. The van der Waals surface area contributed by atoms with Crippen molar-refractivity contribution in [3.05, 3.63) is 35.9 Å². The number of methoxy groups -OCH3 is 1. The summed E-state index contributed by atoms with van der Waals surface area (Å²) in [6.07, 6.45) is 8.45. The van der Waals surface area contributed by atoms with Crippen LogP contribution in [0.2, 0.25) is 0 Å². The predicted molar refractivity (Wildman–Crippen MR) is 121 cm³/mol. The van der Waals surface area contributed by atoms with Gasteiger partial charge in [-0.2, -0.15) is 0 Å². The molecule has 1 N–H and O–H groups in total. The summed E-state index contributed by atoms with van der Waals surface area (Å²) in [6.45, 7) is 2.29. The molecule has 0 heterocycles. The molecule has 0 aliphatic rings. The largest absolute Gasteiger partial charge is 0.616 e. The first kappa shape index (κ1) is 26.3. The molecule has 0 aliphatic carbocycles. The Labute approximate surface area is 184 Å². The van der Waals surface area contributed by atoms with Crippen molar-refractivity contribution >= 4 is 23.2 Å². The molecule has 30 heavy (non-hydrogen) atoms. The molecule has 1 aromatic carbocycles. The Kier molecular flexibility index (Phi) is 14.1. The molecule has 7 heteroatoms. The van der Waals surface area contributed by atoms with Crippen molar-refractivity contribution in [2.75, 3.05) is 18.6 Å². The van der Waals surface area contributed by atoms with E-state index >= 15 is 0 Å². The second kappa shape index (κ2) is 16.0. The molecule has 1 aromatic rings. The Hall–Kier alpha value is -1.73. The van der Waals surface area contributed by atoms with Gasteiger partial charge in [0.15, 0.2) is 0 Å². The Balaban J connectivity index is 2.47. The number of carbonyl (C=O) groups is 2. The van der Waals surface area contributed by atoms with Gasteiger partial charge in [0.25, 0.3) is 0 Å². The van der Waals surface area contributed by atoms with Gasteiger partial charge >= 0.3 is 12.1 Å². The highest BCUT2D eigenvalue weighted by Gasteiger charge is 2.32. The number of rotatable bonds is 16. The molecule has 0 saturated heterocycles. The van der Waals surface area contributed by atoms with E-state index in [-0.39, 0.29) is 18.7 Å². The lowest BCUT2D eigenvalue weighted by atomic mass is 10.1. The Morgan fingerprint density at radius 3 is 2.20 bits per heavy atom. The summed E-state index contributed by atoms with van der Waals surface area (Å²) in [4.78, 5) is 25.1. The van der Waals surface area contributed by atoms with Crippen LogP contribution < -0.4 is 0 Å². The normalized spacial score (nSPS) is 12.9. The summed E-state index contributed by atoms with van der Waals surface area (Å²) in [5.74, 6) is 0.265. The number of benzene rings is 1. The van der Waals surface area contributed by atoms with Gasteiger partial charge in [-0.05, 0) is 18.4 Å². The highest BCUT2D eigenvalue weighted by Crippen LogP contribution is 2.15. The minimum atomic E-state index is -1.19. The third-order valence-corrected chi connectivity index (χ3v) is 6.57. The van der Waals surface area contributed by atoms with Crippen LogP contribution in [0.1, 0.15) is 70.3 Å². The van der Waals surface area contributed by atoms with E-state index in [0.29, 0.717) is 5.75 Å².